The van der Waals surface area contributed by atoms with Crippen molar-refractivity contribution in [3.05, 3.63) is 28.8 Å². The van der Waals surface area contributed by atoms with Gasteiger partial charge in [-0.3, -0.25) is 0 Å². The summed E-state index contributed by atoms with van der Waals surface area (Å²) >= 11 is 5.88. The predicted octanol–water partition coefficient (Wildman–Crippen LogP) is 2.37. The summed E-state index contributed by atoms with van der Waals surface area (Å²) in [5.74, 6) is 0. The van der Waals surface area contributed by atoms with E-state index in [9.17, 15) is 0 Å². The summed E-state index contributed by atoms with van der Waals surface area (Å²) in [5.41, 5.74) is 7.56. The topological polar surface area (TPSA) is 29.3 Å². The van der Waals surface area contributed by atoms with Crippen molar-refractivity contribution >= 4 is 17.3 Å². The van der Waals surface area contributed by atoms with Gasteiger partial charge < -0.3 is 10.6 Å². The fourth-order valence-electron chi connectivity index (χ4n) is 1.19. The number of anilines is 1. The summed E-state index contributed by atoms with van der Waals surface area (Å²) in [5, 5.41) is 0.708. The number of benzene rings is 1. The molecule has 0 fully saturated rings. The first-order valence-electron chi connectivity index (χ1n) is 4.35. The van der Waals surface area contributed by atoms with Crippen molar-refractivity contribution in [3.63, 3.8) is 0 Å². The van der Waals surface area contributed by atoms with E-state index in [0.29, 0.717) is 5.02 Å². The van der Waals surface area contributed by atoms with Crippen LogP contribution in [0.3, 0.4) is 0 Å². The van der Waals surface area contributed by atoms with Crippen molar-refractivity contribution in [2.24, 2.45) is 0 Å². The SMILES string of the molecule is CCN(C)Cc1cc(N)cc(Cl)c1. The number of hydrogen-bond acceptors (Lipinski definition) is 2. The summed E-state index contributed by atoms with van der Waals surface area (Å²) in [7, 11) is 2.07. The Kier molecular flexibility index (Phi) is 3.58. The molecule has 0 spiro atoms. The fourth-order valence-corrected chi connectivity index (χ4v) is 1.46. The van der Waals surface area contributed by atoms with Crippen LogP contribution in [-0.4, -0.2) is 18.5 Å². The molecule has 2 N–H and O–H groups in total. The van der Waals surface area contributed by atoms with Gasteiger partial charge in [-0.05, 0) is 37.4 Å². The second-order valence-electron chi connectivity index (χ2n) is 3.22. The Morgan fingerprint density at radius 1 is 1.38 bits per heavy atom. The maximum atomic E-state index is 5.88. The van der Waals surface area contributed by atoms with Gasteiger partial charge in [0.05, 0.1) is 0 Å². The molecule has 2 nitrogen and oxygen atoms in total. The standard InChI is InChI=1S/C10H15ClN2/c1-3-13(2)7-8-4-9(11)6-10(12)5-8/h4-6H,3,7,12H2,1-2H3. The van der Waals surface area contributed by atoms with Crippen LogP contribution in [0.4, 0.5) is 5.69 Å². The van der Waals surface area contributed by atoms with Crippen LogP contribution >= 0.6 is 11.6 Å². The Bertz CT molecular complexity index is 266. The zero-order valence-corrected chi connectivity index (χ0v) is 8.80. The van der Waals surface area contributed by atoms with Crippen LogP contribution in [0.25, 0.3) is 0 Å². The van der Waals surface area contributed by atoms with E-state index >= 15 is 0 Å². The summed E-state index contributed by atoms with van der Waals surface area (Å²) in [6.45, 7) is 4.03. The van der Waals surface area contributed by atoms with Crippen LogP contribution in [0.2, 0.25) is 5.02 Å². The molecule has 0 atom stereocenters. The molecule has 72 valence electrons. The highest BCUT2D eigenvalue weighted by atomic mass is 35.5. The minimum absolute atomic E-state index is 0.708. The maximum absolute atomic E-state index is 5.88. The largest absolute Gasteiger partial charge is 0.399 e. The average molecular weight is 199 g/mol. The fraction of sp³-hybridized carbons (Fsp3) is 0.400. The van der Waals surface area contributed by atoms with E-state index < -0.39 is 0 Å². The number of halogens is 1. The molecular formula is C10H15ClN2. The number of nitrogen functional groups attached to an aromatic ring is 1. The van der Waals surface area contributed by atoms with Gasteiger partial charge in [-0.25, -0.2) is 0 Å². The van der Waals surface area contributed by atoms with Crippen LogP contribution in [0.15, 0.2) is 18.2 Å². The molecule has 0 aliphatic rings. The predicted molar refractivity (Wildman–Crippen MR) is 57.9 cm³/mol. The minimum Gasteiger partial charge on any atom is -0.399 e. The first-order chi connectivity index (χ1) is 6.11. The average Bonchev–Trinajstić information content (AvgIpc) is 2.02. The molecule has 0 aliphatic carbocycles. The van der Waals surface area contributed by atoms with E-state index in [1.54, 1.807) is 6.07 Å². The molecule has 0 bridgehead atoms. The summed E-state index contributed by atoms with van der Waals surface area (Å²) < 4.78 is 0. The monoisotopic (exact) mass is 198 g/mol. The number of rotatable bonds is 3. The lowest BCUT2D eigenvalue weighted by Crippen LogP contribution is -2.16. The van der Waals surface area contributed by atoms with E-state index in [4.69, 9.17) is 17.3 Å². The van der Waals surface area contributed by atoms with Gasteiger partial charge in [-0.15, -0.1) is 0 Å². The molecular weight excluding hydrogens is 184 g/mol. The maximum Gasteiger partial charge on any atom is 0.0429 e. The van der Waals surface area contributed by atoms with Gasteiger partial charge in [-0.2, -0.15) is 0 Å². The van der Waals surface area contributed by atoms with Crippen LogP contribution < -0.4 is 5.73 Å². The molecule has 1 aromatic carbocycles. The lowest BCUT2D eigenvalue weighted by Gasteiger charge is -2.14. The Morgan fingerprint density at radius 2 is 2.08 bits per heavy atom. The summed E-state index contributed by atoms with van der Waals surface area (Å²) in [6.07, 6.45) is 0. The quantitative estimate of drug-likeness (QED) is 0.756. The van der Waals surface area contributed by atoms with Gasteiger partial charge in [0.2, 0.25) is 0 Å². The van der Waals surface area contributed by atoms with E-state index in [2.05, 4.69) is 18.9 Å². The van der Waals surface area contributed by atoms with E-state index in [1.165, 1.54) is 0 Å². The second kappa shape index (κ2) is 4.49. The van der Waals surface area contributed by atoms with Crippen LogP contribution in [0.1, 0.15) is 12.5 Å². The van der Waals surface area contributed by atoms with Crippen molar-refractivity contribution in [3.8, 4) is 0 Å². The third-order valence-corrected chi connectivity index (χ3v) is 2.19. The van der Waals surface area contributed by atoms with Crippen LogP contribution in [0, 0.1) is 0 Å². The highest BCUT2D eigenvalue weighted by molar-refractivity contribution is 6.30. The molecule has 0 aliphatic heterocycles. The first kappa shape index (κ1) is 10.4. The van der Waals surface area contributed by atoms with Gasteiger partial charge in [0.15, 0.2) is 0 Å². The molecule has 1 rings (SSSR count). The van der Waals surface area contributed by atoms with Gasteiger partial charge in [0.1, 0.15) is 0 Å². The molecule has 13 heavy (non-hydrogen) atoms. The van der Waals surface area contributed by atoms with Gasteiger partial charge in [-0.1, -0.05) is 18.5 Å². The third-order valence-electron chi connectivity index (χ3n) is 1.97. The summed E-state index contributed by atoms with van der Waals surface area (Å²) in [6, 6.07) is 5.67. The van der Waals surface area contributed by atoms with Gasteiger partial charge in [0.25, 0.3) is 0 Å². The van der Waals surface area contributed by atoms with Crippen molar-refractivity contribution in [2.75, 3.05) is 19.3 Å². The highest BCUT2D eigenvalue weighted by Crippen LogP contribution is 2.17. The Balaban J connectivity index is 2.77. The lowest BCUT2D eigenvalue weighted by atomic mass is 10.2. The molecule has 0 aromatic heterocycles. The molecule has 0 radical (unpaired) electrons. The molecule has 0 saturated carbocycles. The minimum atomic E-state index is 0.708. The van der Waals surface area contributed by atoms with Crippen molar-refractivity contribution in [1.29, 1.82) is 0 Å². The number of hydrogen-bond donors (Lipinski definition) is 1. The van der Waals surface area contributed by atoms with Crippen LogP contribution in [-0.2, 0) is 6.54 Å². The normalized spacial score (nSPS) is 10.8. The Labute approximate surface area is 84.3 Å². The van der Waals surface area contributed by atoms with Crippen molar-refractivity contribution in [2.45, 2.75) is 13.5 Å². The smallest absolute Gasteiger partial charge is 0.0429 e. The highest BCUT2D eigenvalue weighted by Gasteiger charge is 2.00. The van der Waals surface area contributed by atoms with Crippen molar-refractivity contribution in [1.82, 2.24) is 4.90 Å². The molecule has 0 heterocycles. The Hall–Kier alpha value is -0.730. The molecule has 0 saturated heterocycles. The molecule has 1 aromatic rings. The van der Waals surface area contributed by atoms with Crippen LogP contribution in [0.5, 0.6) is 0 Å². The molecule has 0 amide bonds. The zero-order valence-electron chi connectivity index (χ0n) is 8.05. The van der Waals surface area contributed by atoms with Gasteiger partial charge in [0, 0.05) is 17.3 Å². The number of nitrogens with two attached hydrogens (primary N) is 1. The third kappa shape index (κ3) is 3.25. The zero-order chi connectivity index (χ0) is 9.84. The number of nitrogens with zero attached hydrogens (tertiary/aromatic N) is 1. The lowest BCUT2D eigenvalue weighted by molar-refractivity contribution is 0.346. The van der Waals surface area contributed by atoms with Crippen molar-refractivity contribution < 1.29 is 0 Å². The van der Waals surface area contributed by atoms with E-state index in [-0.39, 0.29) is 0 Å². The Morgan fingerprint density at radius 3 is 2.62 bits per heavy atom. The van der Waals surface area contributed by atoms with E-state index in [0.717, 1.165) is 24.3 Å². The molecule has 0 unspecified atom stereocenters. The summed E-state index contributed by atoms with van der Waals surface area (Å²) in [4.78, 5) is 2.20. The van der Waals surface area contributed by atoms with Gasteiger partial charge >= 0.3 is 0 Å². The first-order valence-corrected chi connectivity index (χ1v) is 4.73. The second-order valence-corrected chi connectivity index (χ2v) is 3.66. The molecule has 3 heteroatoms. The van der Waals surface area contributed by atoms with E-state index in [1.807, 2.05) is 12.1 Å².